The van der Waals surface area contributed by atoms with Gasteiger partial charge in [-0.3, -0.25) is 4.79 Å². The van der Waals surface area contributed by atoms with Crippen molar-refractivity contribution >= 4 is 11.6 Å². The molecule has 0 unspecified atom stereocenters. The van der Waals surface area contributed by atoms with E-state index in [0.29, 0.717) is 11.5 Å². The lowest BCUT2D eigenvalue weighted by Gasteiger charge is -2.14. The molecule has 0 radical (unpaired) electrons. The van der Waals surface area contributed by atoms with E-state index in [0.717, 1.165) is 17.0 Å². The summed E-state index contributed by atoms with van der Waals surface area (Å²) in [5.74, 6) is 1.10. The maximum Gasteiger partial charge on any atom is 0.226 e. The van der Waals surface area contributed by atoms with Crippen LogP contribution in [0.2, 0.25) is 0 Å². The number of nitrogens with zero attached hydrogens (tertiary/aromatic N) is 2. The Balaban J connectivity index is 1.49. The molecule has 1 aromatic carbocycles. The van der Waals surface area contributed by atoms with Crippen molar-refractivity contribution in [1.29, 1.82) is 0 Å². The van der Waals surface area contributed by atoms with Gasteiger partial charge in [0.15, 0.2) is 0 Å². The van der Waals surface area contributed by atoms with E-state index in [2.05, 4.69) is 10.3 Å². The van der Waals surface area contributed by atoms with Gasteiger partial charge in [-0.25, -0.2) is 4.98 Å². The standard InChI is InChI=1S/C20H23N3O4/c1-14-18(23-9-4-3-8-19(23)22-14)11-20(25)21-12-15(24)13-27-17-7-5-6-16(10-17)26-2/h3-10,15,24H,11-13H2,1-2H3,(H,21,25)/t15-/m0/s1. The van der Waals surface area contributed by atoms with Crippen molar-refractivity contribution in [2.75, 3.05) is 20.3 Å². The smallest absolute Gasteiger partial charge is 0.226 e. The molecule has 7 nitrogen and oxygen atoms in total. The number of aryl methyl sites for hydroxylation is 1. The SMILES string of the molecule is COc1cccc(OC[C@@H](O)CNC(=O)Cc2c(C)nc3ccccn23)c1. The predicted octanol–water partition coefficient (Wildman–Crippen LogP) is 1.75. The Morgan fingerprint density at radius 3 is 2.89 bits per heavy atom. The Labute approximate surface area is 157 Å². The molecule has 3 aromatic rings. The molecule has 2 aromatic heterocycles. The maximum absolute atomic E-state index is 12.2. The van der Waals surface area contributed by atoms with E-state index in [1.807, 2.05) is 41.8 Å². The fraction of sp³-hybridized carbons (Fsp3) is 0.300. The first-order valence-electron chi connectivity index (χ1n) is 8.71. The molecular formula is C20H23N3O4. The number of hydrogen-bond acceptors (Lipinski definition) is 5. The molecule has 1 amide bonds. The number of amides is 1. The van der Waals surface area contributed by atoms with Gasteiger partial charge in [0.05, 0.1) is 24.9 Å². The highest BCUT2D eigenvalue weighted by atomic mass is 16.5. The molecule has 2 heterocycles. The van der Waals surface area contributed by atoms with Crippen LogP contribution in [0.15, 0.2) is 48.7 Å². The topological polar surface area (TPSA) is 85.1 Å². The minimum absolute atomic E-state index is 0.0715. The van der Waals surface area contributed by atoms with Gasteiger partial charge in [-0.1, -0.05) is 12.1 Å². The number of benzene rings is 1. The average molecular weight is 369 g/mol. The fourth-order valence-electron chi connectivity index (χ4n) is 2.77. The van der Waals surface area contributed by atoms with Gasteiger partial charge in [0.25, 0.3) is 0 Å². The number of pyridine rings is 1. The van der Waals surface area contributed by atoms with Gasteiger partial charge in [0.2, 0.25) is 5.91 Å². The summed E-state index contributed by atoms with van der Waals surface area (Å²) in [7, 11) is 1.58. The van der Waals surface area contributed by atoms with Crippen LogP contribution < -0.4 is 14.8 Å². The lowest BCUT2D eigenvalue weighted by molar-refractivity contribution is -0.121. The first-order chi connectivity index (χ1) is 13.1. The first-order valence-corrected chi connectivity index (χ1v) is 8.71. The molecule has 0 aliphatic carbocycles. The Hall–Kier alpha value is -3.06. The third kappa shape index (κ3) is 4.77. The van der Waals surface area contributed by atoms with E-state index in [1.165, 1.54) is 0 Å². The number of hydrogen-bond donors (Lipinski definition) is 2. The van der Waals surface area contributed by atoms with Crippen LogP contribution in [0.4, 0.5) is 0 Å². The number of carbonyl (C=O) groups is 1. The Kier molecular flexibility index (Phi) is 5.93. The number of carbonyl (C=O) groups excluding carboxylic acids is 1. The summed E-state index contributed by atoms with van der Waals surface area (Å²) >= 11 is 0. The zero-order valence-electron chi connectivity index (χ0n) is 15.4. The molecule has 2 N–H and O–H groups in total. The highest BCUT2D eigenvalue weighted by Crippen LogP contribution is 2.18. The van der Waals surface area contributed by atoms with Crippen molar-refractivity contribution in [2.24, 2.45) is 0 Å². The highest BCUT2D eigenvalue weighted by Gasteiger charge is 2.14. The van der Waals surface area contributed by atoms with E-state index in [9.17, 15) is 9.90 Å². The predicted molar refractivity (Wildman–Crippen MR) is 101 cm³/mol. The number of imidazole rings is 1. The molecule has 0 spiro atoms. The molecule has 142 valence electrons. The van der Waals surface area contributed by atoms with Gasteiger partial charge in [0.1, 0.15) is 29.9 Å². The van der Waals surface area contributed by atoms with Crippen LogP contribution >= 0.6 is 0 Å². The summed E-state index contributed by atoms with van der Waals surface area (Å²) in [6, 6.07) is 12.8. The lowest BCUT2D eigenvalue weighted by atomic mass is 10.2. The summed E-state index contributed by atoms with van der Waals surface area (Å²) in [6.07, 6.45) is 1.26. The van der Waals surface area contributed by atoms with Crippen LogP contribution in [0.3, 0.4) is 0 Å². The van der Waals surface area contributed by atoms with Crippen molar-refractivity contribution in [3.63, 3.8) is 0 Å². The van der Waals surface area contributed by atoms with E-state index in [4.69, 9.17) is 9.47 Å². The fourth-order valence-corrected chi connectivity index (χ4v) is 2.77. The molecule has 0 saturated carbocycles. The molecule has 0 fully saturated rings. The number of aliphatic hydroxyl groups excluding tert-OH is 1. The molecule has 0 aliphatic heterocycles. The number of aromatic nitrogens is 2. The van der Waals surface area contributed by atoms with E-state index in [1.54, 1.807) is 25.3 Å². The van der Waals surface area contributed by atoms with Crippen LogP contribution in [0, 0.1) is 6.92 Å². The van der Waals surface area contributed by atoms with E-state index >= 15 is 0 Å². The number of methoxy groups -OCH3 is 1. The second-order valence-corrected chi connectivity index (χ2v) is 6.20. The van der Waals surface area contributed by atoms with Crippen molar-refractivity contribution in [1.82, 2.24) is 14.7 Å². The lowest BCUT2D eigenvalue weighted by Crippen LogP contribution is -2.36. The zero-order chi connectivity index (χ0) is 19.2. The number of ether oxygens (including phenoxy) is 2. The quantitative estimate of drug-likeness (QED) is 0.632. The van der Waals surface area contributed by atoms with Crippen molar-refractivity contribution in [2.45, 2.75) is 19.4 Å². The van der Waals surface area contributed by atoms with Crippen LogP contribution in [0.1, 0.15) is 11.4 Å². The second-order valence-electron chi connectivity index (χ2n) is 6.20. The van der Waals surface area contributed by atoms with Gasteiger partial charge in [-0.05, 0) is 31.2 Å². The molecule has 1 atom stereocenters. The van der Waals surface area contributed by atoms with Crippen LogP contribution in [-0.4, -0.2) is 46.8 Å². The molecule has 0 saturated heterocycles. The normalized spacial score (nSPS) is 12.0. The Morgan fingerprint density at radius 1 is 1.26 bits per heavy atom. The third-order valence-electron chi connectivity index (χ3n) is 4.18. The monoisotopic (exact) mass is 369 g/mol. The highest BCUT2D eigenvalue weighted by molar-refractivity contribution is 5.78. The molecule has 3 rings (SSSR count). The summed E-state index contributed by atoms with van der Waals surface area (Å²) in [4.78, 5) is 16.7. The number of aliphatic hydroxyl groups is 1. The van der Waals surface area contributed by atoms with Gasteiger partial charge >= 0.3 is 0 Å². The van der Waals surface area contributed by atoms with Crippen molar-refractivity contribution in [3.8, 4) is 11.5 Å². The number of nitrogens with one attached hydrogen (secondary N) is 1. The molecular weight excluding hydrogens is 346 g/mol. The van der Waals surface area contributed by atoms with Crippen molar-refractivity contribution in [3.05, 3.63) is 60.0 Å². The average Bonchev–Trinajstić information content (AvgIpc) is 3.00. The van der Waals surface area contributed by atoms with E-state index < -0.39 is 6.10 Å². The van der Waals surface area contributed by atoms with Crippen molar-refractivity contribution < 1.29 is 19.4 Å². The van der Waals surface area contributed by atoms with Gasteiger partial charge in [0, 0.05) is 18.8 Å². The molecule has 0 bridgehead atoms. The summed E-state index contributed by atoms with van der Waals surface area (Å²) in [5, 5.41) is 12.8. The van der Waals surface area contributed by atoms with Gasteiger partial charge in [-0.15, -0.1) is 0 Å². The van der Waals surface area contributed by atoms with E-state index in [-0.39, 0.29) is 25.5 Å². The van der Waals surface area contributed by atoms with Gasteiger partial charge in [-0.2, -0.15) is 0 Å². The summed E-state index contributed by atoms with van der Waals surface area (Å²) < 4.78 is 12.6. The van der Waals surface area contributed by atoms with Crippen LogP contribution in [0.5, 0.6) is 11.5 Å². The van der Waals surface area contributed by atoms with Crippen LogP contribution in [0.25, 0.3) is 5.65 Å². The minimum Gasteiger partial charge on any atom is -0.497 e. The molecule has 0 aliphatic rings. The second kappa shape index (κ2) is 8.55. The first kappa shape index (κ1) is 18.7. The third-order valence-corrected chi connectivity index (χ3v) is 4.18. The summed E-state index contributed by atoms with van der Waals surface area (Å²) in [6.45, 7) is 2.06. The number of fused-ring (bicyclic) bond motifs is 1. The number of rotatable bonds is 8. The molecule has 7 heteroatoms. The largest absolute Gasteiger partial charge is 0.497 e. The van der Waals surface area contributed by atoms with Crippen LogP contribution in [-0.2, 0) is 11.2 Å². The molecule has 27 heavy (non-hydrogen) atoms. The maximum atomic E-state index is 12.2. The van der Waals surface area contributed by atoms with Gasteiger partial charge < -0.3 is 24.3 Å². The Bertz CT molecular complexity index is 922. The summed E-state index contributed by atoms with van der Waals surface area (Å²) in [5.41, 5.74) is 2.47. The Morgan fingerprint density at radius 2 is 2.07 bits per heavy atom. The minimum atomic E-state index is -0.816. The zero-order valence-corrected chi connectivity index (χ0v) is 15.4.